The molecule has 110 valence electrons. The van der Waals surface area contributed by atoms with Gasteiger partial charge < -0.3 is 11.1 Å². The van der Waals surface area contributed by atoms with Crippen LogP contribution in [0.25, 0.3) is 0 Å². The van der Waals surface area contributed by atoms with Crippen molar-refractivity contribution in [2.24, 2.45) is 11.7 Å². The number of hydrogen-bond donors (Lipinski definition) is 3. The summed E-state index contributed by atoms with van der Waals surface area (Å²) >= 11 is 0. The smallest absolute Gasteiger partial charge is 0.221 e. The summed E-state index contributed by atoms with van der Waals surface area (Å²) in [4.78, 5) is 12.3. The molecule has 0 saturated heterocycles. The average molecular weight is 278 g/mol. The molecule has 0 aromatic carbocycles. The van der Waals surface area contributed by atoms with E-state index in [1.165, 1.54) is 0 Å². The molecule has 1 aromatic heterocycles. The minimum absolute atomic E-state index is 0.0686. The number of rotatable bonds is 4. The lowest BCUT2D eigenvalue weighted by atomic mass is 9.94. The Labute approximate surface area is 118 Å². The number of aromatic nitrogens is 4. The second kappa shape index (κ2) is 5.47. The zero-order valence-corrected chi connectivity index (χ0v) is 11.6. The predicted octanol–water partition coefficient (Wildman–Crippen LogP) is 0.603. The van der Waals surface area contributed by atoms with Gasteiger partial charge in [0, 0.05) is 12.5 Å². The molecule has 2 atom stereocenters. The molecular formula is C13H22N6O. The number of aromatic amines is 1. The van der Waals surface area contributed by atoms with E-state index < -0.39 is 5.54 Å². The number of hydrogen-bond acceptors (Lipinski definition) is 5. The van der Waals surface area contributed by atoms with Crippen LogP contribution in [0, 0.1) is 5.92 Å². The van der Waals surface area contributed by atoms with Crippen LogP contribution in [-0.2, 0) is 10.3 Å². The molecule has 7 nitrogen and oxygen atoms in total. The van der Waals surface area contributed by atoms with Gasteiger partial charge in [0.2, 0.25) is 5.91 Å². The lowest BCUT2D eigenvalue weighted by molar-refractivity contribution is -0.124. The Morgan fingerprint density at radius 1 is 1.35 bits per heavy atom. The molecule has 7 heteroatoms. The number of carbonyl (C=O) groups is 1. The van der Waals surface area contributed by atoms with E-state index in [-0.39, 0.29) is 11.9 Å². The van der Waals surface area contributed by atoms with Crippen LogP contribution in [0.3, 0.4) is 0 Å². The maximum atomic E-state index is 12.3. The third-order valence-electron chi connectivity index (χ3n) is 4.77. The van der Waals surface area contributed by atoms with Gasteiger partial charge in [-0.15, -0.1) is 10.2 Å². The second-order valence-corrected chi connectivity index (χ2v) is 6.13. The fourth-order valence-corrected chi connectivity index (χ4v) is 3.62. The highest BCUT2D eigenvalue weighted by atomic mass is 16.1. The summed E-state index contributed by atoms with van der Waals surface area (Å²) in [5.41, 5.74) is 5.62. The van der Waals surface area contributed by atoms with Crippen molar-refractivity contribution < 1.29 is 4.79 Å². The molecule has 3 rings (SSSR count). The van der Waals surface area contributed by atoms with E-state index in [2.05, 4.69) is 25.9 Å². The van der Waals surface area contributed by atoms with Crippen LogP contribution in [0.1, 0.15) is 57.2 Å². The second-order valence-electron chi connectivity index (χ2n) is 6.13. The van der Waals surface area contributed by atoms with Crippen molar-refractivity contribution in [1.82, 2.24) is 25.9 Å². The molecule has 20 heavy (non-hydrogen) atoms. The normalized spacial score (nSPS) is 28.6. The fourth-order valence-electron chi connectivity index (χ4n) is 3.62. The van der Waals surface area contributed by atoms with Crippen molar-refractivity contribution in [1.29, 1.82) is 0 Å². The summed E-state index contributed by atoms with van der Waals surface area (Å²) in [5, 5.41) is 17.4. The Morgan fingerprint density at radius 3 is 2.75 bits per heavy atom. The van der Waals surface area contributed by atoms with E-state index in [0.717, 1.165) is 44.9 Å². The molecule has 0 spiro atoms. The topological polar surface area (TPSA) is 110 Å². The van der Waals surface area contributed by atoms with Crippen LogP contribution in [0.15, 0.2) is 0 Å². The van der Waals surface area contributed by atoms with E-state index in [0.29, 0.717) is 18.2 Å². The van der Waals surface area contributed by atoms with Crippen molar-refractivity contribution in [2.75, 3.05) is 0 Å². The van der Waals surface area contributed by atoms with E-state index in [1.54, 1.807) is 0 Å². The van der Waals surface area contributed by atoms with Crippen molar-refractivity contribution in [3.05, 3.63) is 5.82 Å². The highest BCUT2D eigenvalue weighted by Gasteiger charge is 2.41. The molecule has 2 aliphatic rings. The number of H-pyrrole nitrogens is 1. The minimum Gasteiger partial charge on any atom is -0.343 e. The van der Waals surface area contributed by atoms with Gasteiger partial charge in [0.15, 0.2) is 5.82 Å². The molecule has 2 saturated carbocycles. The maximum absolute atomic E-state index is 12.3. The van der Waals surface area contributed by atoms with Gasteiger partial charge >= 0.3 is 0 Å². The molecule has 1 heterocycles. The van der Waals surface area contributed by atoms with Gasteiger partial charge in [-0.2, -0.15) is 5.21 Å². The van der Waals surface area contributed by atoms with Crippen molar-refractivity contribution in [2.45, 2.75) is 62.9 Å². The average Bonchev–Trinajstić information content (AvgIpc) is 3.12. The Kier molecular flexibility index (Phi) is 3.69. The first-order chi connectivity index (χ1) is 9.70. The lowest BCUT2D eigenvalue weighted by Crippen LogP contribution is -2.45. The summed E-state index contributed by atoms with van der Waals surface area (Å²) in [7, 11) is 0. The molecule has 2 aliphatic carbocycles. The Hall–Kier alpha value is -1.50. The van der Waals surface area contributed by atoms with Gasteiger partial charge in [0.25, 0.3) is 0 Å². The summed E-state index contributed by atoms with van der Waals surface area (Å²) in [6, 6.07) is 0.172. The molecule has 0 radical (unpaired) electrons. The van der Waals surface area contributed by atoms with Gasteiger partial charge in [-0.25, -0.2) is 0 Å². The first kappa shape index (κ1) is 13.5. The standard InChI is InChI=1S/C13H22N6O/c14-10-5-3-4-9(10)8-11(20)15-13(6-1-2-7-13)12-16-18-19-17-12/h9-10H,1-8,14H2,(H,15,20)(H,16,17,18,19)/t9-,10+/m0/s1. The zero-order valence-electron chi connectivity index (χ0n) is 11.6. The number of carbonyl (C=O) groups excluding carboxylic acids is 1. The Morgan fingerprint density at radius 2 is 2.15 bits per heavy atom. The SMILES string of the molecule is N[C@@H]1CCC[C@H]1CC(=O)NC1(c2nn[nH]n2)CCCC1. The molecule has 4 N–H and O–H groups in total. The van der Waals surface area contributed by atoms with E-state index in [4.69, 9.17) is 5.73 Å². The quantitative estimate of drug-likeness (QED) is 0.747. The Bertz CT molecular complexity index is 453. The molecule has 1 amide bonds. The van der Waals surface area contributed by atoms with Crippen LogP contribution in [0.2, 0.25) is 0 Å². The van der Waals surface area contributed by atoms with Crippen molar-refractivity contribution >= 4 is 5.91 Å². The fraction of sp³-hybridized carbons (Fsp3) is 0.846. The number of amides is 1. The molecule has 0 bridgehead atoms. The number of nitrogens with one attached hydrogen (secondary N) is 2. The molecule has 2 fully saturated rings. The van der Waals surface area contributed by atoms with Crippen LogP contribution in [0.4, 0.5) is 0 Å². The third-order valence-corrected chi connectivity index (χ3v) is 4.77. The minimum atomic E-state index is -0.424. The van der Waals surface area contributed by atoms with Gasteiger partial charge in [-0.3, -0.25) is 4.79 Å². The largest absolute Gasteiger partial charge is 0.343 e. The van der Waals surface area contributed by atoms with Gasteiger partial charge in [-0.1, -0.05) is 24.5 Å². The molecule has 1 aromatic rings. The predicted molar refractivity (Wildman–Crippen MR) is 72.4 cm³/mol. The first-order valence-corrected chi connectivity index (χ1v) is 7.50. The Balaban J connectivity index is 1.66. The summed E-state index contributed by atoms with van der Waals surface area (Å²) in [5.74, 6) is 0.997. The van der Waals surface area contributed by atoms with E-state index in [9.17, 15) is 4.79 Å². The molecular weight excluding hydrogens is 256 g/mol. The van der Waals surface area contributed by atoms with Crippen LogP contribution >= 0.6 is 0 Å². The van der Waals surface area contributed by atoms with Crippen LogP contribution in [-0.4, -0.2) is 32.6 Å². The van der Waals surface area contributed by atoms with E-state index in [1.807, 2.05) is 0 Å². The highest BCUT2D eigenvalue weighted by molar-refractivity contribution is 5.77. The first-order valence-electron chi connectivity index (χ1n) is 7.50. The zero-order chi connectivity index (χ0) is 14.0. The number of nitrogens with zero attached hydrogens (tertiary/aromatic N) is 3. The maximum Gasteiger partial charge on any atom is 0.221 e. The number of nitrogens with two attached hydrogens (primary N) is 1. The van der Waals surface area contributed by atoms with Gasteiger partial charge in [0.05, 0.1) is 0 Å². The van der Waals surface area contributed by atoms with Crippen molar-refractivity contribution in [3.63, 3.8) is 0 Å². The van der Waals surface area contributed by atoms with Crippen LogP contribution < -0.4 is 11.1 Å². The van der Waals surface area contributed by atoms with Crippen LogP contribution in [0.5, 0.6) is 0 Å². The number of tetrazole rings is 1. The lowest BCUT2D eigenvalue weighted by Gasteiger charge is -2.27. The molecule has 0 unspecified atom stereocenters. The molecule has 0 aliphatic heterocycles. The summed E-state index contributed by atoms with van der Waals surface area (Å²) < 4.78 is 0. The third kappa shape index (κ3) is 2.54. The van der Waals surface area contributed by atoms with Gasteiger partial charge in [0.1, 0.15) is 5.54 Å². The van der Waals surface area contributed by atoms with Crippen molar-refractivity contribution in [3.8, 4) is 0 Å². The summed E-state index contributed by atoms with van der Waals surface area (Å²) in [6.07, 6.45) is 7.67. The van der Waals surface area contributed by atoms with E-state index >= 15 is 0 Å². The monoisotopic (exact) mass is 278 g/mol. The summed E-state index contributed by atoms with van der Waals surface area (Å²) in [6.45, 7) is 0. The highest BCUT2D eigenvalue weighted by Crippen LogP contribution is 2.37. The van der Waals surface area contributed by atoms with Gasteiger partial charge in [-0.05, 0) is 31.6 Å².